The molecule has 1 aromatic carbocycles. The molecule has 1 aliphatic heterocycles. The van der Waals surface area contributed by atoms with Crippen LogP contribution in [0.25, 0.3) is 10.9 Å². The van der Waals surface area contributed by atoms with Crippen molar-refractivity contribution in [2.45, 2.75) is 12.8 Å². The van der Waals surface area contributed by atoms with Crippen molar-refractivity contribution < 1.29 is 4.79 Å². The van der Waals surface area contributed by atoms with E-state index in [1.165, 1.54) is 23.1 Å². The van der Waals surface area contributed by atoms with E-state index in [1.54, 1.807) is 0 Å². The van der Waals surface area contributed by atoms with Crippen molar-refractivity contribution in [3.05, 3.63) is 29.5 Å². The second-order valence-electron chi connectivity index (χ2n) is 5.77. The van der Waals surface area contributed by atoms with Gasteiger partial charge < -0.3 is 14.8 Å². The van der Waals surface area contributed by atoms with Crippen molar-refractivity contribution in [2.75, 3.05) is 38.6 Å². The van der Waals surface area contributed by atoms with Gasteiger partial charge in [-0.05, 0) is 44.6 Å². The maximum absolute atomic E-state index is 11.0. The molecule has 0 fully saturated rings. The van der Waals surface area contributed by atoms with Gasteiger partial charge in [0.25, 0.3) is 0 Å². The monoisotopic (exact) mass is 271 g/mol. The molecule has 0 amide bonds. The van der Waals surface area contributed by atoms with E-state index in [9.17, 15) is 4.79 Å². The number of aryl methyl sites for hydroxylation is 1. The van der Waals surface area contributed by atoms with Crippen molar-refractivity contribution in [3.8, 4) is 0 Å². The number of carbonyl (C=O) groups excluding carboxylic acids is 1. The van der Waals surface area contributed by atoms with E-state index in [2.05, 4.69) is 41.0 Å². The molecule has 0 bridgehead atoms. The summed E-state index contributed by atoms with van der Waals surface area (Å²) < 4.78 is 0. The first-order chi connectivity index (χ1) is 9.69. The number of aromatic nitrogens is 1. The third-order valence-electron chi connectivity index (χ3n) is 4.01. The fourth-order valence-corrected chi connectivity index (χ4v) is 3.01. The van der Waals surface area contributed by atoms with Crippen molar-refractivity contribution in [2.24, 2.45) is 0 Å². The number of hydrogen-bond donors (Lipinski definition) is 1. The predicted octanol–water partition coefficient (Wildman–Crippen LogP) is 2.29. The highest BCUT2D eigenvalue weighted by atomic mass is 16.1. The van der Waals surface area contributed by atoms with Gasteiger partial charge in [0.05, 0.1) is 5.69 Å². The molecule has 0 aliphatic carbocycles. The van der Waals surface area contributed by atoms with Crippen molar-refractivity contribution >= 4 is 22.9 Å². The Morgan fingerprint density at radius 2 is 2.25 bits per heavy atom. The molecular formula is C16H21N3O. The zero-order valence-electron chi connectivity index (χ0n) is 12.1. The summed E-state index contributed by atoms with van der Waals surface area (Å²) in [4.78, 5) is 18.8. The van der Waals surface area contributed by atoms with Crippen LogP contribution in [0.3, 0.4) is 0 Å². The third kappa shape index (κ3) is 2.31. The average molecular weight is 271 g/mol. The smallest absolute Gasteiger partial charge is 0.166 e. The lowest BCUT2D eigenvalue weighted by atomic mass is 9.99. The summed E-state index contributed by atoms with van der Waals surface area (Å²) >= 11 is 0. The highest BCUT2D eigenvalue weighted by molar-refractivity contribution is 5.98. The molecule has 3 rings (SSSR count). The number of benzene rings is 1. The van der Waals surface area contributed by atoms with Crippen LogP contribution >= 0.6 is 0 Å². The van der Waals surface area contributed by atoms with E-state index in [-0.39, 0.29) is 0 Å². The number of fused-ring (bicyclic) bond motifs is 3. The Hall–Kier alpha value is -1.81. The molecule has 2 aromatic rings. The number of anilines is 1. The first-order valence-corrected chi connectivity index (χ1v) is 7.18. The molecule has 4 heteroatoms. The summed E-state index contributed by atoms with van der Waals surface area (Å²) in [5.74, 6) is 0. The molecule has 1 aromatic heterocycles. The Morgan fingerprint density at radius 1 is 1.40 bits per heavy atom. The van der Waals surface area contributed by atoms with Gasteiger partial charge in [-0.25, -0.2) is 0 Å². The number of nitrogens with zero attached hydrogens (tertiary/aromatic N) is 2. The number of hydrogen-bond acceptors (Lipinski definition) is 3. The van der Waals surface area contributed by atoms with Crippen LogP contribution in [0, 0.1) is 0 Å². The summed E-state index contributed by atoms with van der Waals surface area (Å²) in [5, 5.41) is 1.18. The van der Waals surface area contributed by atoms with Crippen LogP contribution in [-0.2, 0) is 6.42 Å². The van der Waals surface area contributed by atoms with E-state index >= 15 is 0 Å². The highest BCUT2D eigenvalue weighted by Crippen LogP contribution is 2.35. The molecule has 20 heavy (non-hydrogen) atoms. The van der Waals surface area contributed by atoms with Crippen LogP contribution in [0.4, 0.5) is 5.69 Å². The van der Waals surface area contributed by atoms with E-state index in [1.807, 2.05) is 6.07 Å². The van der Waals surface area contributed by atoms with Gasteiger partial charge in [-0.3, -0.25) is 4.79 Å². The Morgan fingerprint density at radius 3 is 3.00 bits per heavy atom. The fourth-order valence-electron chi connectivity index (χ4n) is 3.01. The number of H-pyrrole nitrogens is 1. The number of rotatable bonds is 4. The minimum atomic E-state index is 0.659. The van der Waals surface area contributed by atoms with E-state index in [0.717, 1.165) is 37.9 Å². The molecule has 1 N–H and O–H groups in total. The van der Waals surface area contributed by atoms with E-state index in [4.69, 9.17) is 0 Å². The lowest BCUT2D eigenvalue weighted by Gasteiger charge is -2.33. The number of aldehydes is 1. The zero-order chi connectivity index (χ0) is 14.1. The van der Waals surface area contributed by atoms with Gasteiger partial charge >= 0.3 is 0 Å². The quantitative estimate of drug-likeness (QED) is 0.867. The lowest BCUT2D eigenvalue weighted by Crippen LogP contribution is -2.35. The van der Waals surface area contributed by atoms with Gasteiger partial charge in [-0.2, -0.15) is 0 Å². The molecule has 2 heterocycles. The molecule has 106 valence electrons. The van der Waals surface area contributed by atoms with Crippen LogP contribution in [0.1, 0.15) is 22.5 Å². The number of nitrogens with one attached hydrogen (secondary N) is 1. The molecule has 1 aliphatic rings. The summed E-state index contributed by atoms with van der Waals surface area (Å²) in [6.45, 7) is 3.17. The van der Waals surface area contributed by atoms with Crippen molar-refractivity contribution in [1.29, 1.82) is 0 Å². The SMILES string of the molecule is CN(C)CCN1CCCc2ccc3[nH]c(C=O)cc3c21. The first-order valence-electron chi connectivity index (χ1n) is 7.18. The Kier molecular flexibility index (Phi) is 3.49. The van der Waals surface area contributed by atoms with Crippen LogP contribution in [-0.4, -0.2) is 49.9 Å². The average Bonchev–Trinajstić information content (AvgIpc) is 2.88. The molecule has 0 spiro atoms. The van der Waals surface area contributed by atoms with Gasteiger partial charge in [0.1, 0.15) is 0 Å². The van der Waals surface area contributed by atoms with Crippen molar-refractivity contribution in [3.63, 3.8) is 0 Å². The van der Waals surface area contributed by atoms with Gasteiger partial charge in [-0.1, -0.05) is 6.07 Å². The van der Waals surface area contributed by atoms with E-state index < -0.39 is 0 Å². The summed E-state index contributed by atoms with van der Waals surface area (Å²) in [5.41, 5.74) is 4.44. The summed E-state index contributed by atoms with van der Waals surface area (Å²) in [6, 6.07) is 6.27. The van der Waals surface area contributed by atoms with Gasteiger partial charge in [0.2, 0.25) is 0 Å². The summed E-state index contributed by atoms with van der Waals surface area (Å²) in [6.07, 6.45) is 3.22. The number of carbonyl (C=O) groups is 1. The van der Waals surface area contributed by atoms with E-state index in [0.29, 0.717) is 5.69 Å². The maximum atomic E-state index is 11.0. The summed E-state index contributed by atoms with van der Waals surface area (Å²) in [7, 11) is 4.21. The minimum absolute atomic E-state index is 0.659. The van der Waals surface area contributed by atoms with Crippen LogP contribution in [0.15, 0.2) is 18.2 Å². The largest absolute Gasteiger partial charge is 0.369 e. The molecule has 0 atom stereocenters. The molecule has 0 saturated heterocycles. The Labute approximate surface area is 119 Å². The van der Waals surface area contributed by atoms with Gasteiger partial charge in [0, 0.05) is 36.2 Å². The van der Waals surface area contributed by atoms with Crippen LogP contribution in [0.2, 0.25) is 0 Å². The molecular weight excluding hydrogens is 250 g/mol. The maximum Gasteiger partial charge on any atom is 0.166 e. The molecule has 4 nitrogen and oxygen atoms in total. The van der Waals surface area contributed by atoms with Gasteiger partial charge in [-0.15, -0.1) is 0 Å². The topological polar surface area (TPSA) is 39.3 Å². The molecule has 0 unspecified atom stereocenters. The number of aromatic amines is 1. The standard InChI is InChI=1S/C16H21N3O/c1-18(2)8-9-19-7-3-4-12-5-6-15-14(16(12)19)10-13(11-20)17-15/h5-6,10-11,17H,3-4,7-9H2,1-2H3. The van der Waals surface area contributed by atoms with Crippen molar-refractivity contribution in [1.82, 2.24) is 9.88 Å². The third-order valence-corrected chi connectivity index (χ3v) is 4.01. The fraction of sp³-hybridized carbons (Fsp3) is 0.438. The van der Waals surface area contributed by atoms with Crippen LogP contribution in [0.5, 0.6) is 0 Å². The minimum Gasteiger partial charge on any atom is -0.369 e. The number of likely N-dealkylation sites (N-methyl/N-ethyl adjacent to an activating group) is 1. The Bertz CT molecular complexity index is 630. The highest BCUT2D eigenvalue weighted by Gasteiger charge is 2.20. The predicted molar refractivity (Wildman–Crippen MR) is 82.8 cm³/mol. The molecule has 0 saturated carbocycles. The second kappa shape index (κ2) is 5.29. The molecule has 0 radical (unpaired) electrons. The normalized spacial score (nSPS) is 14.8. The van der Waals surface area contributed by atoms with Crippen LogP contribution < -0.4 is 4.90 Å². The first kappa shape index (κ1) is 13.2. The Balaban J connectivity index is 2.04. The lowest BCUT2D eigenvalue weighted by molar-refractivity contribution is 0.112. The zero-order valence-corrected chi connectivity index (χ0v) is 12.1. The second-order valence-corrected chi connectivity index (χ2v) is 5.77. The van der Waals surface area contributed by atoms with Gasteiger partial charge in [0.15, 0.2) is 6.29 Å².